The van der Waals surface area contributed by atoms with Gasteiger partial charge in [0.05, 0.1) is 6.10 Å². The molecule has 0 spiro atoms. The smallest absolute Gasteiger partial charge is 0.202 e. The van der Waals surface area contributed by atoms with Gasteiger partial charge in [-0.3, -0.25) is 9.59 Å². The maximum atomic E-state index is 13.6. The Balaban J connectivity index is 1.15. The predicted molar refractivity (Wildman–Crippen MR) is 146 cm³/mol. The van der Waals surface area contributed by atoms with Crippen LogP contribution >= 0.6 is 0 Å². The number of ether oxygens (including phenoxy) is 2. The van der Waals surface area contributed by atoms with E-state index in [1.807, 2.05) is 43.3 Å². The van der Waals surface area contributed by atoms with Crippen molar-refractivity contribution < 1.29 is 29.3 Å². The molecule has 2 aromatic rings. The molecule has 39 heavy (non-hydrogen) atoms. The monoisotopic (exact) mass is 528 g/mol. The first-order valence-corrected chi connectivity index (χ1v) is 14.0. The standard InChI is InChI=1S/C33H36O6/c1-31-16-14-22(34)18-21(31)8-13-26-27-15-17-33(37,32(27,2)19-28(35)30(26)31)29(36)20-38-23-9-11-25(12-10-23)39-24-6-4-3-5-7-24/h3-7,9-12,14,16,18,26-28,30,35,37H,8,13,15,17,19-20H2,1-2H3/t26?,27?,28-,30?,31?,32?,33-/m0/s1. The fourth-order valence-electron chi connectivity index (χ4n) is 8.29. The van der Waals surface area contributed by atoms with Crippen molar-refractivity contribution in [3.8, 4) is 17.2 Å². The summed E-state index contributed by atoms with van der Waals surface area (Å²) in [5.41, 5.74) is -1.58. The highest BCUT2D eigenvalue weighted by molar-refractivity contribution is 6.01. The van der Waals surface area contributed by atoms with Gasteiger partial charge >= 0.3 is 0 Å². The average Bonchev–Trinajstić information content (AvgIpc) is 3.19. The number of allylic oxidation sites excluding steroid dienone is 4. The van der Waals surface area contributed by atoms with Crippen molar-refractivity contribution in [1.29, 1.82) is 0 Å². The molecule has 204 valence electrons. The van der Waals surface area contributed by atoms with E-state index in [-0.39, 0.29) is 41.3 Å². The zero-order valence-electron chi connectivity index (χ0n) is 22.5. The molecule has 0 bridgehead atoms. The quantitative estimate of drug-likeness (QED) is 0.519. The zero-order valence-corrected chi connectivity index (χ0v) is 22.5. The molecule has 2 N–H and O–H groups in total. The van der Waals surface area contributed by atoms with Gasteiger partial charge in [0.25, 0.3) is 0 Å². The van der Waals surface area contributed by atoms with Gasteiger partial charge in [0.1, 0.15) is 29.5 Å². The van der Waals surface area contributed by atoms with E-state index in [0.717, 1.165) is 30.6 Å². The summed E-state index contributed by atoms with van der Waals surface area (Å²) in [7, 11) is 0. The van der Waals surface area contributed by atoms with E-state index in [1.54, 1.807) is 36.4 Å². The van der Waals surface area contributed by atoms with Crippen LogP contribution < -0.4 is 9.47 Å². The molecule has 6 nitrogen and oxygen atoms in total. The van der Waals surface area contributed by atoms with Gasteiger partial charge < -0.3 is 19.7 Å². The number of rotatable bonds is 6. The van der Waals surface area contributed by atoms with Gasteiger partial charge in [-0.15, -0.1) is 0 Å². The minimum absolute atomic E-state index is 0.00950. The molecular weight excluding hydrogens is 492 g/mol. The molecule has 3 saturated carbocycles. The number of aliphatic hydroxyl groups is 2. The first-order valence-electron chi connectivity index (χ1n) is 14.0. The highest BCUT2D eigenvalue weighted by Gasteiger charge is 2.68. The van der Waals surface area contributed by atoms with Crippen molar-refractivity contribution >= 4 is 11.6 Å². The molecule has 2 aromatic carbocycles. The second kappa shape index (κ2) is 9.46. The number of aliphatic hydroxyl groups excluding tert-OH is 1. The van der Waals surface area contributed by atoms with Crippen LogP contribution in [0.2, 0.25) is 0 Å². The SMILES string of the molecule is CC12C=CC(=O)C=C1CCC1C2[C@@H](O)CC2(C)C1CC[C@]2(O)C(=O)COc1ccc(Oc2ccccc2)cc1. The summed E-state index contributed by atoms with van der Waals surface area (Å²) < 4.78 is 11.6. The minimum atomic E-state index is -1.56. The van der Waals surface area contributed by atoms with Crippen LogP contribution in [0.5, 0.6) is 17.2 Å². The van der Waals surface area contributed by atoms with Crippen LogP contribution in [0.3, 0.4) is 0 Å². The lowest BCUT2D eigenvalue weighted by molar-refractivity contribution is -0.178. The summed E-state index contributed by atoms with van der Waals surface area (Å²) in [6.45, 7) is 3.86. The number of carbonyl (C=O) groups is 2. The van der Waals surface area contributed by atoms with Crippen LogP contribution in [0.1, 0.15) is 46.0 Å². The van der Waals surface area contributed by atoms with Crippen LogP contribution in [-0.2, 0) is 9.59 Å². The predicted octanol–water partition coefficient (Wildman–Crippen LogP) is 5.44. The molecule has 0 aliphatic heterocycles. The molecule has 0 radical (unpaired) electrons. The largest absolute Gasteiger partial charge is 0.486 e. The Morgan fingerprint density at radius 2 is 1.69 bits per heavy atom. The number of ketones is 2. The molecule has 4 aliphatic carbocycles. The first kappa shape index (κ1) is 26.0. The van der Waals surface area contributed by atoms with Crippen molar-refractivity contribution in [2.45, 2.75) is 57.7 Å². The number of hydrogen-bond acceptors (Lipinski definition) is 6. The second-order valence-corrected chi connectivity index (χ2v) is 12.2. The molecular formula is C33H36O6. The van der Waals surface area contributed by atoms with Gasteiger partial charge in [0, 0.05) is 16.7 Å². The third-order valence-corrected chi connectivity index (χ3v) is 10.3. The second-order valence-electron chi connectivity index (χ2n) is 12.2. The van der Waals surface area contributed by atoms with Crippen molar-refractivity contribution in [3.05, 3.63) is 78.4 Å². The van der Waals surface area contributed by atoms with Gasteiger partial charge in [-0.2, -0.15) is 0 Å². The third kappa shape index (κ3) is 4.16. The highest BCUT2D eigenvalue weighted by atomic mass is 16.5. The van der Waals surface area contributed by atoms with Crippen LogP contribution in [0.4, 0.5) is 0 Å². The Morgan fingerprint density at radius 3 is 2.44 bits per heavy atom. The molecule has 0 aromatic heterocycles. The number of Topliss-reactive ketones (excluding diaryl/α,β-unsaturated/α-hetero) is 1. The number of benzene rings is 2. The van der Waals surface area contributed by atoms with Crippen LogP contribution in [0.25, 0.3) is 0 Å². The Kier molecular flexibility index (Phi) is 6.31. The van der Waals surface area contributed by atoms with E-state index < -0.39 is 17.1 Å². The number of hydrogen-bond donors (Lipinski definition) is 2. The summed E-state index contributed by atoms with van der Waals surface area (Å²) in [6.07, 6.45) is 7.75. The number of fused-ring (bicyclic) bond motifs is 5. The lowest BCUT2D eigenvalue weighted by Gasteiger charge is -2.59. The van der Waals surface area contributed by atoms with E-state index in [0.29, 0.717) is 24.3 Å². The van der Waals surface area contributed by atoms with E-state index in [1.165, 1.54) is 0 Å². The molecule has 7 atom stereocenters. The average molecular weight is 529 g/mol. The number of para-hydroxylation sites is 1. The molecule has 0 saturated heterocycles. The van der Waals surface area contributed by atoms with E-state index >= 15 is 0 Å². The molecule has 3 fully saturated rings. The minimum Gasteiger partial charge on any atom is -0.486 e. The molecule has 0 heterocycles. The summed E-state index contributed by atoms with van der Waals surface area (Å²) in [5.74, 6) is 1.82. The van der Waals surface area contributed by atoms with Gasteiger partial charge in [-0.25, -0.2) is 0 Å². The fourth-order valence-corrected chi connectivity index (χ4v) is 8.29. The van der Waals surface area contributed by atoms with E-state index in [4.69, 9.17) is 9.47 Å². The molecule has 4 aliphatic rings. The molecule has 6 heteroatoms. The van der Waals surface area contributed by atoms with E-state index in [9.17, 15) is 19.8 Å². The summed E-state index contributed by atoms with van der Waals surface area (Å²) >= 11 is 0. The Bertz CT molecular complexity index is 1330. The Morgan fingerprint density at radius 1 is 1.00 bits per heavy atom. The molecule has 5 unspecified atom stereocenters. The summed E-state index contributed by atoms with van der Waals surface area (Å²) in [6, 6.07) is 16.5. The maximum absolute atomic E-state index is 13.6. The lowest BCUT2D eigenvalue weighted by atomic mass is 9.46. The first-order chi connectivity index (χ1) is 18.6. The topological polar surface area (TPSA) is 93.1 Å². The normalized spacial score (nSPS) is 36.8. The van der Waals surface area contributed by atoms with Crippen molar-refractivity contribution in [1.82, 2.24) is 0 Å². The Labute approximate surface area is 229 Å². The van der Waals surface area contributed by atoms with Gasteiger partial charge in [0.2, 0.25) is 5.78 Å². The summed E-state index contributed by atoms with van der Waals surface area (Å²) in [4.78, 5) is 25.6. The van der Waals surface area contributed by atoms with Gasteiger partial charge in [-0.05, 0) is 92.5 Å². The molecule has 6 rings (SSSR count). The summed E-state index contributed by atoms with van der Waals surface area (Å²) in [5, 5.41) is 23.4. The maximum Gasteiger partial charge on any atom is 0.202 e. The van der Waals surface area contributed by atoms with E-state index in [2.05, 4.69) is 6.92 Å². The van der Waals surface area contributed by atoms with Crippen molar-refractivity contribution in [3.63, 3.8) is 0 Å². The molecule has 0 amide bonds. The third-order valence-electron chi connectivity index (χ3n) is 10.3. The van der Waals surface area contributed by atoms with Gasteiger partial charge in [-0.1, -0.05) is 43.7 Å². The van der Waals surface area contributed by atoms with Crippen molar-refractivity contribution in [2.24, 2.45) is 28.6 Å². The fraction of sp³-hybridized carbons (Fsp3) is 0.455. The van der Waals surface area contributed by atoms with Crippen LogP contribution in [-0.4, -0.2) is 40.1 Å². The van der Waals surface area contributed by atoms with Crippen LogP contribution in [0, 0.1) is 28.6 Å². The Hall–Kier alpha value is -3.22. The van der Waals surface area contributed by atoms with Gasteiger partial charge in [0.15, 0.2) is 5.78 Å². The lowest BCUT2D eigenvalue weighted by Crippen LogP contribution is -2.61. The number of carbonyl (C=O) groups excluding carboxylic acids is 2. The zero-order chi connectivity index (χ0) is 27.4. The van der Waals surface area contributed by atoms with Crippen molar-refractivity contribution in [2.75, 3.05) is 6.61 Å². The van der Waals surface area contributed by atoms with Crippen LogP contribution in [0.15, 0.2) is 78.4 Å². The highest BCUT2D eigenvalue weighted by Crippen LogP contribution is 2.67.